The molecular formula is C17H21N3O. The number of carbonyl (C=O) groups is 1. The molecule has 2 heterocycles. The van der Waals surface area contributed by atoms with Crippen molar-refractivity contribution >= 4 is 5.91 Å². The van der Waals surface area contributed by atoms with E-state index in [4.69, 9.17) is 0 Å². The van der Waals surface area contributed by atoms with Crippen LogP contribution in [0.2, 0.25) is 0 Å². The van der Waals surface area contributed by atoms with Crippen molar-refractivity contribution in [2.75, 3.05) is 13.1 Å². The van der Waals surface area contributed by atoms with Gasteiger partial charge in [0.2, 0.25) is 5.91 Å². The first-order chi connectivity index (χ1) is 10.2. The Morgan fingerprint density at radius 3 is 2.81 bits per heavy atom. The van der Waals surface area contributed by atoms with Crippen molar-refractivity contribution in [2.24, 2.45) is 13.0 Å². The molecular weight excluding hydrogens is 262 g/mol. The highest BCUT2D eigenvalue weighted by Crippen LogP contribution is 2.21. The van der Waals surface area contributed by atoms with Crippen molar-refractivity contribution in [1.82, 2.24) is 14.7 Å². The first-order valence-electron chi connectivity index (χ1n) is 7.51. The largest absolute Gasteiger partial charge is 0.342 e. The van der Waals surface area contributed by atoms with Gasteiger partial charge in [0.05, 0.1) is 12.1 Å². The third-order valence-corrected chi connectivity index (χ3v) is 4.11. The minimum Gasteiger partial charge on any atom is -0.342 e. The van der Waals surface area contributed by atoms with E-state index in [0.29, 0.717) is 12.3 Å². The van der Waals surface area contributed by atoms with Gasteiger partial charge >= 0.3 is 0 Å². The summed E-state index contributed by atoms with van der Waals surface area (Å²) in [5.74, 6) is 0.782. The predicted molar refractivity (Wildman–Crippen MR) is 81.7 cm³/mol. The molecule has 21 heavy (non-hydrogen) atoms. The molecule has 0 radical (unpaired) electrons. The molecule has 1 aromatic heterocycles. The number of hydrogen-bond donors (Lipinski definition) is 0. The first-order valence-corrected chi connectivity index (χ1v) is 7.51. The fraction of sp³-hybridized carbons (Fsp3) is 0.412. The van der Waals surface area contributed by atoms with E-state index < -0.39 is 0 Å². The number of likely N-dealkylation sites (tertiary alicyclic amines) is 1. The Bertz CT molecular complexity index is 606. The molecule has 0 spiro atoms. The van der Waals surface area contributed by atoms with Crippen molar-refractivity contribution in [2.45, 2.75) is 19.3 Å². The van der Waals surface area contributed by atoms with E-state index in [0.717, 1.165) is 31.6 Å². The SMILES string of the molecule is Cn1ccc(CC(=O)N2CCC(Cc3ccccc3)C2)n1. The number of aryl methyl sites for hydroxylation is 1. The van der Waals surface area contributed by atoms with Gasteiger partial charge in [-0.05, 0) is 30.4 Å². The van der Waals surface area contributed by atoms with Crippen molar-refractivity contribution in [3.63, 3.8) is 0 Å². The lowest BCUT2D eigenvalue weighted by molar-refractivity contribution is -0.129. The average molecular weight is 283 g/mol. The van der Waals surface area contributed by atoms with Crippen LogP contribution in [0.4, 0.5) is 0 Å². The van der Waals surface area contributed by atoms with Crippen molar-refractivity contribution < 1.29 is 4.79 Å². The van der Waals surface area contributed by atoms with Gasteiger partial charge in [0, 0.05) is 26.3 Å². The number of rotatable bonds is 4. The summed E-state index contributed by atoms with van der Waals surface area (Å²) in [5, 5.41) is 4.28. The molecule has 0 saturated carbocycles. The van der Waals surface area contributed by atoms with Crippen molar-refractivity contribution in [1.29, 1.82) is 0 Å². The van der Waals surface area contributed by atoms with E-state index in [9.17, 15) is 4.79 Å². The highest BCUT2D eigenvalue weighted by Gasteiger charge is 2.26. The number of nitrogens with zero attached hydrogens (tertiary/aromatic N) is 3. The van der Waals surface area contributed by atoms with Crippen LogP contribution in [0, 0.1) is 5.92 Å². The van der Waals surface area contributed by atoms with Crippen LogP contribution < -0.4 is 0 Å². The van der Waals surface area contributed by atoms with Crippen LogP contribution >= 0.6 is 0 Å². The standard InChI is InChI=1S/C17H21N3O/c1-19-9-8-16(18-19)12-17(21)20-10-7-15(13-20)11-14-5-3-2-4-6-14/h2-6,8-9,15H,7,10-13H2,1H3. The monoisotopic (exact) mass is 283 g/mol. The van der Waals surface area contributed by atoms with E-state index in [1.54, 1.807) is 4.68 Å². The summed E-state index contributed by atoms with van der Waals surface area (Å²) in [5.41, 5.74) is 2.22. The summed E-state index contributed by atoms with van der Waals surface area (Å²) < 4.78 is 1.74. The predicted octanol–water partition coefficient (Wildman–Crippen LogP) is 2.05. The molecule has 0 N–H and O–H groups in total. The zero-order chi connectivity index (χ0) is 14.7. The van der Waals surface area contributed by atoms with Crippen LogP contribution in [0.15, 0.2) is 42.6 Å². The van der Waals surface area contributed by atoms with Gasteiger partial charge in [0.1, 0.15) is 0 Å². The average Bonchev–Trinajstić information content (AvgIpc) is 3.09. The van der Waals surface area contributed by atoms with E-state index >= 15 is 0 Å². The smallest absolute Gasteiger partial charge is 0.228 e. The van der Waals surface area contributed by atoms with Crippen LogP contribution in [0.5, 0.6) is 0 Å². The van der Waals surface area contributed by atoms with E-state index in [-0.39, 0.29) is 5.91 Å². The van der Waals surface area contributed by atoms with Crippen LogP contribution in [0.3, 0.4) is 0 Å². The molecule has 1 atom stereocenters. The van der Waals surface area contributed by atoms with E-state index in [2.05, 4.69) is 29.4 Å². The molecule has 3 rings (SSSR count). The van der Waals surface area contributed by atoms with Gasteiger partial charge < -0.3 is 4.90 Å². The Labute approximate surface area is 125 Å². The highest BCUT2D eigenvalue weighted by molar-refractivity contribution is 5.78. The summed E-state index contributed by atoms with van der Waals surface area (Å²) in [6, 6.07) is 12.4. The normalized spacial score (nSPS) is 18.1. The van der Waals surface area contributed by atoms with E-state index in [1.165, 1.54) is 5.56 Å². The maximum atomic E-state index is 12.3. The maximum Gasteiger partial charge on any atom is 0.228 e. The summed E-state index contributed by atoms with van der Waals surface area (Å²) in [6.07, 6.45) is 4.46. The lowest BCUT2D eigenvalue weighted by Crippen LogP contribution is -2.30. The molecule has 2 aromatic rings. The van der Waals surface area contributed by atoms with Gasteiger partial charge in [0.15, 0.2) is 0 Å². The molecule has 1 amide bonds. The number of benzene rings is 1. The Morgan fingerprint density at radius 1 is 1.29 bits per heavy atom. The van der Waals surface area contributed by atoms with Gasteiger partial charge in [-0.3, -0.25) is 9.48 Å². The molecule has 1 aromatic carbocycles. The topological polar surface area (TPSA) is 38.1 Å². The van der Waals surface area contributed by atoms with Crippen molar-refractivity contribution in [3.05, 3.63) is 53.9 Å². The molecule has 0 bridgehead atoms. The van der Waals surface area contributed by atoms with Gasteiger partial charge in [-0.1, -0.05) is 30.3 Å². The lowest BCUT2D eigenvalue weighted by atomic mass is 9.99. The number of carbonyl (C=O) groups excluding carboxylic acids is 1. The van der Waals surface area contributed by atoms with Gasteiger partial charge in [-0.2, -0.15) is 5.10 Å². The molecule has 4 nitrogen and oxygen atoms in total. The minimum absolute atomic E-state index is 0.198. The second kappa shape index (κ2) is 6.12. The molecule has 1 unspecified atom stereocenters. The van der Waals surface area contributed by atoms with Gasteiger partial charge in [-0.15, -0.1) is 0 Å². The summed E-state index contributed by atoms with van der Waals surface area (Å²) in [6.45, 7) is 1.75. The Morgan fingerprint density at radius 2 is 2.10 bits per heavy atom. The number of amides is 1. The second-order valence-electron chi connectivity index (χ2n) is 5.84. The van der Waals surface area contributed by atoms with Crippen molar-refractivity contribution in [3.8, 4) is 0 Å². The minimum atomic E-state index is 0.198. The first kappa shape index (κ1) is 13.9. The van der Waals surface area contributed by atoms with Crippen LogP contribution in [-0.4, -0.2) is 33.7 Å². The van der Waals surface area contributed by atoms with E-state index in [1.807, 2.05) is 30.3 Å². The Balaban J connectivity index is 1.53. The second-order valence-corrected chi connectivity index (χ2v) is 5.84. The summed E-state index contributed by atoms with van der Waals surface area (Å²) >= 11 is 0. The Hall–Kier alpha value is -2.10. The number of aromatic nitrogens is 2. The molecule has 1 aliphatic heterocycles. The maximum absolute atomic E-state index is 12.3. The van der Waals surface area contributed by atoms with Crippen LogP contribution in [-0.2, 0) is 24.7 Å². The fourth-order valence-corrected chi connectivity index (χ4v) is 3.00. The lowest BCUT2D eigenvalue weighted by Gasteiger charge is -2.16. The summed E-state index contributed by atoms with van der Waals surface area (Å²) in [7, 11) is 1.87. The molecule has 0 aliphatic carbocycles. The third kappa shape index (κ3) is 3.51. The molecule has 1 saturated heterocycles. The molecule has 4 heteroatoms. The van der Waals surface area contributed by atoms with Gasteiger partial charge in [-0.25, -0.2) is 0 Å². The zero-order valence-electron chi connectivity index (χ0n) is 12.4. The number of hydrogen-bond acceptors (Lipinski definition) is 2. The van der Waals surface area contributed by atoms with Crippen LogP contribution in [0.1, 0.15) is 17.7 Å². The fourth-order valence-electron chi connectivity index (χ4n) is 3.00. The third-order valence-electron chi connectivity index (χ3n) is 4.11. The highest BCUT2D eigenvalue weighted by atomic mass is 16.2. The van der Waals surface area contributed by atoms with Crippen LogP contribution in [0.25, 0.3) is 0 Å². The molecule has 1 aliphatic rings. The quantitative estimate of drug-likeness (QED) is 0.861. The molecule has 110 valence electrons. The van der Waals surface area contributed by atoms with Gasteiger partial charge in [0.25, 0.3) is 0 Å². The molecule has 1 fully saturated rings. The zero-order valence-corrected chi connectivity index (χ0v) is 12.4. The Kier molecular flexibility index (Phi) is 4.04. The summed E-state index contributed by atoms with van der Waals surface area (Å²) in [4.78, 5) is 14.3.